The maximum Gasteiger partial charge on any atom is 0.410 e. The van der Waals surface area contributed by atoms with Crippen LogP contribution in [0.5, 0.6) is 0 Å². The Morgan fingerprint density at radius 2 is 1.85 bits per heavy atom. The van der Waals surface area contributed by atoms with E-state index in [2.05, 4.69) is 22.5 Å². The van der Waals surface area contributed by atoms with Gasteiger partial charge in [0.2, 0.25) is 0 Å². The van der Waals surface area contributed by atoms with E-state index in [1.807, 2.05) is 45.0 Å². The largest absolute Gasteiger partial charge is 0.444 e. The summed E-state index contributed by atoms with van der Waals surface area (Å²) in [6.45, 7) is 10.2. The van der Waals surface area contributed by atoms with Crippen molar-refractivity contribution in [2.75, 3.05) is 13.6 Å². The zero-order valence-corrected chi connectivity index (χ0v) is 14.2. The first kappa shape index (κ1) is 16.8. The van der Waals surface area contributed by atoms with Gasteiger partial charge in [-0.2, -0.15) is 0 Å². The second kappa shape index (κ2) is 6.93. The van der Waals surface area contributed by atoms with E-state index in [0.29, 0.717) is 6.54 Å². The molecular weight excluding hydrogens is 318 g/mol. The summed E-state index contributed by atoms with van der Waals surface area (Å²) in [7, 11) is 1.74. The van der Waals surface area contributed by atoms with Gasteiger partial charge in [0.15, 0.2) is 0 Å². The Morgan fingerprint density at radius 3 is 2.35 bits per heavy atom. The van der Waals surface area contributed by atoms with Crippen LogP contribution in [0.4, 0.5) is 4.79 Å². The lowest BCUT2D eigenvalue weighted by Crippen LogP contribution is -2.34. The highest BCUT2D eigenvalue weighted by Gasteiger charge is 2.19. The first-order valence-electron chi connectivity index (χ1n) is 6.57. The van der Waals surface area contributed by atoms with Gasteiger partial charge in [0.1, 0.15) is 5.60 Å². The summed E-state index contributed by atoms with van der Waals surface area (Å²) in [4.78, 5) is 13.4. The van der Waals surface area contributed by atoms with Crippen LogP contribution in [0, 0.1) is 0 Å². The molecule has 1 aromatic carbocycles. The van der Waals surface area contributed by atoms with Crippen LogP contribution in [0.15, 0.2) is 35.3 Å². The van der Waals surface area contributed by atoms with Gasteiger partial charge in [-0.1, -0.05) is 34.6 Å². The fraction of sp³-hybridized carbons (Fsp3) is 0.438. The van der Waals surface area contributed by atoms with E-state index < -0.39 is 5.60 Å². The van der Waals surface area contributed by atoms with Crippen molar-refractivity contribution in [1.29, 1.82) is 0 Å². The van der Waals surface area contributed by atoms with Gasteiger partial charge in [0.05, 0.1) is 0 Å². The summed E-state index contributed by atoms with van der Waals surface area (Å²) in [6.07, 6.45) is 0.415. The maximum absolute atomic E-state index is 11.8. The fourth-order valence-corrected chi connectivity index (χ4v) is 1.83. The number of halogens is 1. The molecule has 0 radical (unpaired) electrons. The van der Waals surface area contributed by atoms with E-state index in [-0.39, 0.29) is 6.09 Å². The van der Waals surface area contributed by atoms with E-state index in [4.69, 9.17) is 4.74 Å². The molecule has 0 fully saturated rings. The van der Waals surface area contributed by atoms with E-state index >= 15 is 0 Å². The monoisotopic (exact) mass is 339 g/mol. The Balaban J connectivity index is 2.48. The van der Waals surface area contributed by atoms with Gasteiger partial charge in [-0.15, -0.1) is 0 Å². The summed E-state index contributed by atoms with van der Waals surface area (Å²) >= 11 is 3.40. The standard InChI is InChI=1S/C16H22BrNO2/c1-12(13-6-8-14(17)9-7-13)10-11-18(5)15(19)20-16(2,3)4/h6-9H,1,10-11H2,2-5H3. The first-order valence-corrected chi connectivity index (χ1v) is 7.36. The quantitative estimate of drug-likeness (QED) is 0.794. The van der Waals surface area contributed by atoms with E-state index in [1.165, 1.54) is 0 Å². The molecule has 0 heterocycles. The minimum absolute atomic E-state index is 0.305. The number of benzene rings is 1. The van der Waals surface area contributed by atoms with Crippen LogP contribution >= 0.6 is 15.9 Å². The number of amides is 1. The average molecular weight is 340 g/mol. The van der Waals surface area contributed by atoms with Crippen LogP contribution in [0.1, 0.15) is 32.8 Å². The van der Waals surface area contributed by atoms with Crippen molar-refractivity contribution in [2.45, 2.75) is 32.8 Å². The van der Waals surface area contributed by atoms with Crippen molar-refractivity contribution in [1.82, 2.24) is 4.90 Å². The van der Waals surface area contributed by atoms with Gasteiger partial charge in [0, 0.05) is 18.1 Å². The highest BCUT2D eigenvalue weighted by atomic mass is 79.9. The molecule has 1 rings (SSSR count). The molecule has 0 aromatic heterocycles. The van der Waals surface area contributed by atoms with Crippen LogP contribution in [0.3, 0.4) is 0 Å². The molecule has 20 heavy (non-hydrogen) atoms. The smallest absolute Gasteiger partial charge is 0.410 e. The molecule has 0 saturated heterocycles. The number of hydrogen-bond acceptors (Lipinski definition) is 2. The van der Waals surface area contributed by atoms with Crippen molar-refractivity contribution in [2.24, 2.45) is 0 Å². The Kier molecular flexibility index (Phi) is 5.81. The fourth-order valence-electron chi connectivity index (χ4n) is 1.56. The summed E-state index contributed by atoms with van der Waals surface area (Å²) in [5.41, 5.74) is 1.63. The highest BCUT2D eigenvalue weighted by molar-refractivity contribution is 9.10. The molecule has 0 unspecified atom stereocenters. The van der Waals surface area contributed by atoms with Crippen LogP contribution < -0.4 is 0 Å². The third-order valence-electron chi connectivity index (χ3n) is 2.71. The lowest BCUT2D eigenvalue weighted by Gasteiger charge is -2.24. The van der Waals surface area contributed by atoms with Crippen molar-refractivity contribution in [3.05, 3.63) is 40.9 Å². The predicted molar refractivity (Wildman–Crippen MR) is 86.7 cm³/mol. The molecular formula is C16H22BrNO2. The van der Waals surface area contributed by atoms with Gasteiger partial charge >= 0.3 is 6.09 Å². The molecule has 0 aliphatic rings. The Hall–Kier alpha value is -1.29. The molecule has 0 aliphatic heterocycles. The van der Waals surface area contributed by atoms with Gasteiger partial charge < -0.3 is 9.64 Å². The molecule has 110 valence electrons. The number of carbonyl (C=O) groups is 1. The minimum atomic E-state index is -0.464. The van der Waals surface area contributed by atoms with Crippen LogP contribution in [-0.4, -0.2) is 30.2 Å². The molecule has 0 aliphatic carbocycles. The average Bonchev–Trinajstić information content (AvgIpc) is 2.34. The highest BCUT2D eigenvalue weighted by Crippen LogP contribution is 2.19. The first-order chi connectivity index (χ1) is 9.19. The van der Waals surface area contributed by atoms with Gasteiger partial charge in [-0.25, -0.2) is 4.79 Å². The molecule has 0 bridgehead atoms. The van der Waals surface area contributed by atoms with Gasteiger partial charge in [-0.05, 0) is 50.5 Å². The zero-order valence-electron chi connectivity index (χ0n) is 12.6. The van der Waals surface area contributed by atoms with Gasteiger partial charge in [0.25, 0.3) is 0 Å². The third kappa shape index (κ3) is 5.78. The molecule has 3 nitrogen and oxygen atoms in total. The summed E-state index contributed by atoms with van der Waals surface area (Å²) in [5.74, 6) is 0. The van der Waals surface area contributed by atoms with Crippen LogP contribution in [0.25, 0.3) is 5.57 Å². The lowest BCUT2D eigenvalue weighted by atomic mass is 10.0. The molecule has 1 amide bonds. The Bertz CT molecular complexity index is 474. The summed E-state index contributed by atoms with van der Waals surface area (Å²) < 4.78 is 6.35. The molecule has 0 spiro atoms. The predicted octanol–water partition coefficient (Wildman–Crippen LogP) is 4.72. The van der Waals surface area contributed by atoms with Crippen LogP contribution in [-0.2, 0) is 4.74 Å². The summed E-state index contributed by atoms with van der Waals surface area (Å²) in [5, 5.41) is 0. The third-order valence-corrected chi connectivity index (χ3v) is 3.24. The molecule has 4 heteroatoms. The van der Waals surface area contributed by atoms with Crippen molar-refractivity contribution in [3.8, 4) is 0 Å². The minimum Gasteiger partial charge on any atom is -0.444 e. The van der Waals surface area contributed by atoms with E-state index in [9.17, 15) is 4.79 Å². The van der Waals surface area contributed by atoms with Crippen molar-refractivity contribution >= 4 is 27.6 Å². The Labute approximate surface area is 129 Å². The maximum atomic E-state index is 11.8. The van der Waals surface area contributed by atoms with Gasteiger partial charge in [-0.3, -0.25) is 0 Å². The summed E-state index contributed by atoms with van der Waals surface area (Å²) in [6, 6.07) is 8.00. The molecule has 0 atom stereocenters. The molecule has 0 saturated carbocycles. The second-order valence-corrected chi connectivity index (χ2v) is 6.68. The van der Waals surface area contributed by atoms with Crippen LogP contribution in [0.2, 0.25) is 0 Å². The van der Waals surface area contributed by atoms with Crippen molar-refractivity contribution < 1.29 is 9.53 Å². The number of ether oxygens (including phenoxy) is 1. The molecule has 1 aromatic rings. The van der Waals surface area contributed by atoms with E-state index in [1.54, 1.807) is 11.9 Å². The number of rotatable bonds is 4. The number of carbonyl (C=O) groups excluding carboxylic acids is 1. The lowest BCUT2D eigenvalue weighted by molar-refractivity contribution is 0.0302. The molecule has 0 N–H and O–H groups in total. The normalized spacial score (nSPS) is 11.1. The second-order valence-electron chi connectivity index (χ2n) is 5.76. The Morgan fingerprint density at radius 1 is 1.30 bits per heavy atom. The SMILES string of the molecule is C=C(CCN(C)C(=O)OC(C)(C)C)c1ccc(Br)cc1. The van der Waals surface area contributed by atoms with E-state index in [0.717, 1.165) is 22.0 Å². The van der Waals surface area contributed by atoms with Crippen molar-refractivity contribution in [3.63, 3.8) is 0 Å². The zero-order chi connectivity index (χ0) is 15.3. The topological polar surface area (TPSA) is 29.5 Å². The number of nitrogens with zero attached hydrogens (tertiary/aromatic N) is 1. The number of hydrogen-bond donors (Lipinski definition) is 0.